The molecule has 1 atom stereocenters. The van der Waals surface area contributed by atoms with Gasteiger partial charge in [-0.2, -0.15) is 5.10 Å². The number of rotatable bonds is 5. The van der Waals surface area contributed by atoms with E-state index in [1.807, 2.05) is 0 Å². The summed E-state index contributed by atoms with van der Waals surface area (Å²) in [4.78, 5) is 4.09. The van der Waals surface area contributed by atoms with Gasteiger partial charge in [0.05, 0.1) is 0 Å². The zero-order valence-corrected chi connectivity index (χ0v) is 10.5. The van der Waals surface area contributed by atoms with E-state index in [0.29, 0.717) is 18.4 Å². The average Bonchev–Trinajstić information content (AvgIpc) is 2.73. The van der Waals surface area contributed by atoms with Crippen molar-refractivity contribution in [2.75, 3.05) is 0 Å². The summed E-state index contributed by atoms with van der Waals surface area (Å²) in [6, 6.07) is 3.26. The summed E-state index contributed by atoms with van der Waals surface area (Å²) in [7, 11) is 1.78. The van der Waals surface area contributed by atoms with Gasteiger partial charge in [0.15, 0.2) is 0 Å². The Hall–Kier alpha value is -1.86. The molecule has 0 spiro atoms. The number of benzene rings is 1. The molecule has 5 nitrogen and oxygen atoms in total. The highest BCUT2D eigenvalue weighted by Gasteiger charge is 2.13. The van der Waals surface area contributed by atoms with Crippen LogP contribution in [-0.2, 0) is 19.9 Å². The third-order valence-electron chi connectivity index (χ3n) is 2.87. The minimum absolute atomic E-state index is 0.177. The van der Waals surface area contributed by atoms with Gasteiger partial charge < -0.3 is 0 Å². The minimum Gasteiger partial charge on any atom is -0.271 e. The SMILES string of the molecule is Cn1ncnc1CC(Cc1cc(F)cc(F)c1)NN. The van der Waals surface area contributed by atoms with Crippen LogP contribution in [0, 0.1) is 11.6 Å². The van der Waals surface area contributed by atoms with Crippen molar-refractivity contribution in [1.82, 2.24) is 20.2 Å². The zero-order valence-electron chi connectivity index (χ0n) is 10.5. The first-order valence-corrected chi connectivity index (χ1v) is 5.82. The van der Waals surface area contributed by atoms with E-state index in [-0.39, 0.29) is 6.04 Å². The highest BCUT2D eigenvalue weighted by molar-refractivity contribution is 5.19. The Morgan fingerprint density at radius 1 is 1.26 bits per heavy atom. The molecule has 3 N–H and O–H groups in total. The van der Waals surface area contributed by atoms with Crippen LogP contribution in [0.4, 0.5) is 8.78 Å². The van der Waals surface area contributed by atoms with E-state index >= 15 is 0 Å². The van der Waals surface area contributed by atoms with E-state index < -0.39 is 11.6 Å². The molecule has 1 heterocycles. The number of halogens is 2. The highest BCUT2D eigenvalue weighted by Crippen LogP contribution is 2.11. The fraction of sp³-hybridized carbons (Fsp3) is 0.333. The molecule has 2 aromatic rings. The Kier molecular flexibility index (Phi) is 4.18. The largest absolute Gasteiger partial charge is 0.271 e. The third-order valence-corrected chi connectivity index (χ3v) is 2.87. The lowest BCUT2D eigenvalue weighted by Gasteiger charge is -2.15. The lowest BCUT2D eigenvalue weighted by molar-refractivity contribution is 0.495. The number of hydrazine groups is 1. The van der Waals surface area contributed by atoms with Crippen molar-refractivity contribution in [3.8, 4) is 0 Å². The third kappa shape index (κ3) is 3.55. The quantitative estimate of drug-likeness (QED) is 0.618. The second-order valence-electron chi connectivity index (χ2n) is 4.35. The van der Waals surface area contributed by atoms with Crippen molar-refractivity contribution in [2.24, 2.45) is 12.9 Å². The van der Waals surface area contributed by atoms with Crippen LogP contribution in [0.25, 0.3) is 0 Å². The van der Waals surface area contributed by atoms with Crippen molar-refractivity contribution < 1.29 is 8.78 Å². The number of nitrogens with two attached hydrogens (primary N) is 1. The first-order chi connectivity index (χ1) is 9.08. The molecule has 0 aliphatic rings. The first-order valence-electron chi connectivity index (χ1n) is 5.82. The predicted molar refractivity (Wildman–Crippen MR) is 65.9 cm³/mol. The molecule has 1 unspecified atom stereocenters. The van der Waals surface area contributed by atoms with Gasteiger partial charge in [0, 0.05) is 25.6 Å². The van der Waals surface area contributed by atoms with Crippen LogP contribution in [0.3, 0.4) is 0 Å². The van der Waals surface area contributed by atoms with Crippen molar-refractivity contribution >= 4 is 0 Å². The van der Waals surface area contributed by atoms with Gasteiger partial charge in [0.1, 0.15) is 23.8 Å². The maximum atomic E-state index is 13.1. The second kappa shape index (κ2) is 5.85. The molecule has 2 rings (SSSR count). The summed E-state index contributed by atoms with van der Waals surface area (Å²) in [5.41, 5.74) is 3.17. The Morgan fingerprint density at radius 2 is 1.95 bits per heavy atom. The van der Waals surface area contributed by atoms with Crippen molar-refractivity contribution in [2.45, 2.75) is 18.9 Å². The highest BCUT2D eigenvalue weighted by atomic mass is 19.1. The summed E-state index contributed by atoms with van der Waals surface area (Å²) in [6.07, 6.45) is 2.37. The molecule has 0 aliphatic carbocycles. The number of hydrogen-bond donors (Lipinski definition) is 2. The molecule has 0 saturated heterocycles. The van der Waals surface area contributed by atoms with Crippen LogP contribution < -0.4 is 11.3 Å². The van der Waals surface area contributed by atoms with Crippen LogP contribution in [0.2, 0.25) is 0 Å². The molecule has 0 amide bonds. The fourth-order valence-electron chi connectivity index (χ4n) is 1.93. The first kappa shape index (κ1) is 13.6. The fourth-order valence-corrected chi connectivity index (χ4v) is 1.93. The molecular weight excluding hydrogens is 252 g/mol. The van der Waals surface area contributed by atoms with E-state index in [9.17, 15) is 8.78 Å². The topological polar surface area (TPSA) is 68.8 Å². The average molecular weight is 267 g/mol. The van der Waals surface area contributed by atoms with Crippen LogP contribution in [0.15, 0.2) is 24.5 Å². The summed E-state index contributed by atoms with van der Waals surface area (Å²) in [5, 5.41) is 3.96. The lowest BCUT2D eigenvalue weighted by atomic mass is 10.0. The maximum Gasteiger partial charge on any atom is 0.138 e. The van der Waals surface area contributed by atoms with Gasteiger partial charge in [0.25, 0.3) is 0 Å². The van der Waals surface area contributed by atoms with E-state index in [1.54, 1.807) is 11.7 Å². The molecule has 0 fully saturated rings. The van der Waals surface area contributed by atoms with Gasteiger partial charge in [-0.25, -0.2) is 13.8 Å². The summed E-state index contributed by atoms with van der Waals surface area (Å²) >= 11 is 0. The van der Waals surface area contributed by atoms with E-state index in [1.165, 1.54) is 18.5 Å². The summed E-state index contributed by atoms with van der Waals surface area (Å²) in [5.74, 6) is 5.03. The molecule has 1 aromatic heterocycles. The van der Waals surface area contributed by atoms with Gasteiger partial charge in [-0.1, -0.05) is 0 Å². The lowest BCUT2D eigenvalue weighted by Crippen LogP contribution is -2.39. The molecule has 0 bridgehead atoms. The normalized spacial score (nSPS) is 12.6. The van der Waals surface area contributed by atoms with E-state index in [4.69, 9.17) is 5.84 Å². The van der Waals surface area contributed by atoms with Gasteiger partial charge in [0.2, 0.25) is 0 Å². The van der Waals surface area contributed by atoms with Gasteiger partial charge in [-0.3, -0.25) is 16.0 Å². The molecular formula is C12H15F2N5. The Morgan fingerprint density at radius 3 is 2.47 bits per heavy atom. The molecule has 19 heavy (non-hydrogen) atoms. The standard InChI is InChI=1S/C12H15F2N5/c1-19-12(16-7-17-19)6-11(18-15)4-8-2-9(13)5-10(14)3-8/h2-3,5,7,11,18H,4,6,15H2,1H3. The molecule has 7 heteroatoms. The van der Waals surface area contributed by atoms with Gasteiger partial charge >= 0.3 is 0 Å². The monoisotopic (exact) mass is 267 g/mol. The van der Waals surface area contributed by atoms with Crippen LogP contribution >= 0.6 is 0 Å². The van der Waals surface area contributed by atoms with Crippen LogP contribution in [-0.4, -0.2) is 20.8 Å². The summed E-state index contributed by atoms with van der Waals surface area (Å²) < 4.78 is 27.8. The molecule has 1 aromatic carbocycles. The number of aromatic nitrogens is 3. The molecule has 0 saturated carbocycles. The number of hydrogen-bond acceptors (Lipinski definition) is 4. The van der Waals surface area contributed by atoms with E-state index in [0.717, 1.165) is 11.9 Å². The van der Waals surface area contributed by atoms with Gasteiger partial charge in [-0.15, -0.1) is 0 Å². The maximum absolute atomic E-state index is 13.1. The predicted octanol–water partition coefficient (Wildman–Crippen LogP) is 0.710. The van der Waals surface area contributed by atoms with Crippen molar-refractivity contribution in [3.63, 3.8) is 0 Å². The van der Waals surface area contributed by atoms with Gasteiger partial charge in [-0.05, 0) is 24.1 Å². The Labute approximate surface area is 109 Å². The number of nitrogens with one attached hydrogen (secondary N) is 1. The smallest absolute Gasteiger partial charge is 0.138 e. The van der Waals surface area contributed by atoms with Crippen molar-refractivity contribution in [1.29, 1.82) is 0 Å². The second-order valence-corrected chi connectivity index (χ2v) is 4.35. The Balaban J connectivity index is 2.08. The number of aryl methyl sites for hydroxylation is 1. The summed E-state index contributed by atoms with van der Waals surface area (Å²) in [6.45, 7) is 0. The molecule has 0 radical (unpaired) electrons. The minimum atomic E-state index is -0.593. The van der Waals surface area contributed by atoms with Crippen LogP contribution in [0.1, 0.15) is 11.4 Å². The van der Waals surface area contributed by atoms with E-state index in [2.05, 4.69) is 15.5 Å². The zero-order chi connectivity index (χ0) is 13.8. The number of nitrogens with zero attached hydrogens (tertiary/aromatic N) is 3. The Bertz CT molecular complexity index is 535. The van der Waals surface area contributed by atoms with Crippen LogP contribution in [0.5, 0.6) is 0 Å². The van der Waals surface area contributed by atoms with Crippen molar-refractivity contribution in [3.05, 3.63) is 47.5 Å². The molecule has 102 valence electrons. The molecule has 0 aliphatic heterocycles.